The highest BCUT2D eigenvalue weighted by molar-refractivity contribution is 7.99. The molecule has 0 aliphatic rings. The van der Waals surface area contributed by atoms with Gasteiger partial charge in [-0.05, 0) is 43.5 Å². The number of thiophene rings is 1. The molecule has 2 aromatic heterocycles. The lowest BCUT2D eigenvalue weighted by molar-refractivity contribution is -0.385. The van der Waals surface area contributed by atoms with E-state index in [2.05, 4.69) is 16.4 Å². The van der Waals surface area contributed by atoms with Crippen LogP contribution in [0.5, 0.6) is 0 Å². The lowest BCUT2D eigenvalue weighted by Crippen LogP contribution is -2.21. The van der Waals surface area contributed by atoms with Gasteiger partial charge in [-0.2, -0.15) is 0 Å². The van der Waals surface area contributed by atoms with Crippen LogP contribution in [0, 0.1) is 30.9 Å². The molecule has 0 spiro atoms. The van der Waals surface area contributed by atoms with Crippen LogP contribution in [0.2, 0.25) is 0 Å². The number of nitro benzene ring substituents is 1. The molecule has 0 aliphatic carbocycles. The van der Waals surface area contributed by atoms with Crippen LogP contribution in [0.4, 0.5) is 11.4 Å². The second-order valence-electron chi connectivity index (χ2n) is 7.93. The summed E-state index contributed by atoms with van der Waals surface area (Å²) < 4.78 is 1.45. The monoisotopic (exact) mass is 494 g/mol. The van der Waals surface area contributed by atoms with E-state index in [0.29, 0.717) is 26.6 Å². The van der Waals surface area contributed by atoms with Crippen LogP contribution >= 0.6 is 23.1 Å². The second-order valence-corrected chi connectivity index (χ2v) is 9.73. The first-order valence-electron chi connectivity index (χ1n) is 10.4. The van der Waals surface area contributed by atoms with Crippen LogP contribution in [0.1, 0.15) is 16.7 Å². The molecule has 0 radical (unpaired) electrons. The quantitative estimate of drug-likeness (QED) is 0.170. The van der Waals surface area contributed by atoms with Crippen molar-refractivity contribution in [3.63, 3.8) is 0 Å². The summed E-state index contributed by atoms with van der Waals surface area (Å²) in [4.78, 5) is 41.6. The first-order chi connectivity index (χ1) is 16.2. The highest BCUT2D eigenvalue weighted by Crippen LogP contribution is 2.33. The van der Waals surface area contributed by atoms with E-state index >= 15 is 0 Å². The van der Waals surface area contributed by atoms with Crippen molar-refractivity contribution in [1.82, 2.24) is 9.55 Å². The number of carbonyl (C=O) groups is 1. The summed E-state index contributed by atoms with van der Waals surface area (Å²) in [5.74, 6) is -0.339. The Bertz CT molecular complexity index is 1510. The lowest BCUT2D eigenvalue weighted by atomic mass is 10.0. The van der Waals surface area contributed by atoms with Crippen LogP contribution < -0.4 is 10.9 Å². The van der Waals surface area contributed by atoms with Gasteiger partial charge in [0.2, 0.25) is 5.91 Å². The highest BCUT2D eigenvalue weighted by Gasteiger charge is 2.18. The molecule has 1 N–H and O–H groups in total. The van der Waals surface area contributed by atoms with Gasteiger partial charge in [0.25, 0.3) is 11.2 Å². The summed E-state index contributed by atoms with van der Waals surface area (Å²) in [5, 5.41) is 16.8. The number of benzene rings is 2. The predicted molar refractivity (Wildman–Crippen MR) is 137 cm³/mol. The van der Waals surface area contributed by atoms with Crippen LogP contribution in [0.25, 0.3) is 21.3 Å². The van der Waals surface area contributed by atoms with Crippen molar-refractivity contribution in [3.8, 4) is 11.1 Å². The van der Waals surface area contributed by atoms with E-state index < -0.39 is 4.92 Å². The van der Waals surface area contributed by atoms with Gasteiger partial charge in [-0.25, -0.2) is 4.98 Å². The van der Waals surface area contributed by atoms with Gasteiger partial charge in [0.1, 0.15) is 4.83 Å². The summed E-state index contributed by atoms with van der Waals surface area (Å²) in [6.45, 7) is 5.67. The third-order valence-electron chi connectivity index (χ3n) is 5.70. The zero-order chi connectivity index (χ0) is 24.6. The summed E-state index contributed by atoms with van der Waals surface area (Å²) in [6, 6.07) is 10.6. The standard InChI is InChI=1S/C24H22N4O4S2/c1-13-8-9-16(10-14(13)2)17-11-33-22-21(17)23(30)27(4)24(26-22)34-12-20(29)25-18-6-5-7-19(15(18)3)28(31)32/h5-11H,12H2,1-4H3,(H,25,29). The Morgan fingerprint density at radius 1 is 1.21 bits per heavy atom. The molecule has 0 saturated heterocycles. The van der Waals surface area contributed by atoms with E-state index in [-0.39, 0.29) is 22.9 Å². The van der Waals surface area contributed by atoms with Crippen LogP contribution in [0.3, 0.4) is 0 Å². The number of thioether (sulfide) groups is 1. The molecule has 4 aromatic rings. The molecule has 0 saturated carbocycles. The Kier molecular flexibility index (Phi) is 6.54. The summed E-state index contributed by atoms with van der Waals surface area (Å²) >= 11 is 2.54. The van der Waals surface area contributed by atoms with E-state index in [0.717, 1.165) is 28.5 Å². The average Bonchev–Trinajstić information content (AvgIpc) is 3.22. The molecule has 0 atom stereocenters. The van der Waals surface area contributed by atoms with Crippen molar-refractivity contribution in [1.29, 1.82) is 0 Å². The summed E-state index contributed by atoms with van der Waals surface area (Å²) in [7, 11) is 1.64. The van der Waals surface area contributed by atoms with E-state index in [1.165, 1.54) is 33.6 Å². The summed E-state index contributed by atoms with van der Waals surface area (Å²) in [5.41, 5.74) is 4.70. The lowest BCUT2D eigenvalue weighted by Gasteiger charge is -2.10. The highest BCUT2D eigenvalue weighted by atomic mass is 32.2. The molecule has 10 heteroatoms. The molecular weight excluding hydrogens is 472 g/mol. The number of nitro groups is 1. The SMILES string of the molecule is Cc1ccc(-c2csc3nc(SCC(=O)Nc4cccc([N+](=O)[O-])c4C)n(C)c(=O)c23)cc1C. The second kappa shape index (κ2) is 9.40. The van der Waals surface area contributed by atoms with E-state index in [1.807, 2.05) is 31.4 Å². The van der Waals surface area contributed by atoms with Gasteiger partial charge >= 0.3 is 0 Å². The maximum Gasteiger partial charge on any atom is 0.274 e. The number of nitrogens with zero attached hydrogens (tertiary/aromatic N) is 3. The largest absolute Gasteiger partial charge is 0.325 e. The topological polar surface area (TPSA) is 107 Å². The number of amides is 1. The van der Waals surface area contributed by atoms with Crippen LogP contribution in [-0.4, -0.2) is 26.1 Å². The minimum Gasteiger partial charge on any atom is -0.325 e. The average molecular weight is 495 g/mol. The van der Waals surface area contributed by atoms with Crippen LogP contribution in [0.15, 0.2) is 51.7 Å². The fourth-order valence-electron chi connectivity index (χ4n) is 3.58. The number of hydrogen-bond donors (Lipinski definition) is 1. The number of hydrogen-bond acceptors (Lipinski definition) is 7. The Morgan fingerprint density at radius 3 is 2.68 bits per heavy atom. The molecule has 4 rings (SSSR count). The first kappa shape index (κ1) is 23.7. The Hall–Kier alpha value is -3.50. The van der Waals surface area contributed by atoms with Gasteiger partial charge in [0, 0.05) is 24.1 Å². The number of fused-ring (bicyclic) bond motifs is 1. The molecule has 0 fully saturated rings. The van der Waals surface area contributed by atoms with Gasteiger partial charge in [-0.3, -0.25) is 24.3 Å². The van der Waals surface area contributed by atoms with Crippen LogP contribution in [-0.2, 0) is 11.8 Å². The fourth-order valence-corrected chi connectivity index (χ4v) is 5.34. The minimum atomic E-state index is -0.484. The zero-order valence-corrected chi connectivity index (χ0v) is 20.7. The molecular formula is C24H22N4O4S2. The van der Waals surface area contributed by atoms with Crippen molar-refractivity contribution in [2.75, 3.05) is 11.1 Å². The van der Waals surface area contributed by atoms with Crippen molar-refractivity contribution >= 4 is 50.6 Å². The number of rotatable bonds is 6. The molecule has 2 aromatic carbocycles. The maximum absolute atomic E-state index is 13.2. The molecule has 34 heavy (non-hydrogen) atoms. The van der Waals surface area contributed by atoms with Crippen molar-refractivity contribution in [2.24, 2.45) is 7.05 Å². The zero-order valence-electron chi connectivity index (χ0n) is 19.0. The van der Waals surface area contributed by atoms with E-state index in [1.54, 1.807) is 20.0 Å². The van der Waals surface area contributed by atoms with E-state index in [4.69, 9.17) is 0 Å². The molecule has 0 aliphatic heterocycles. The third kappa shape index (κ3) is 4.46. The maximum atomic E-state index is 13.2. The smallest absolute Gasteiger partial charge is 0.274 e. The minimum absolute atomic E-state index is 0.00328. The number of carbonyl (C=O) groups excluding carboxylic acids is 1. The van der Waals surface area contributed by atoms with E-state index in [9.17, 15) is 19.7 Å². The van der Waals surface area contributed by atoms with Gasteiger partial charge in [0.05, 0.1) is 27.3 Å². The van der Waals surface area contributed by atoms with Crippen molar-refractivity contribution < 1.29 is 9.72 Å². The van der Waals surface area contributed by atoms with Crippen molar-refractivity contribution in [2.45, 2.75) is 25.9 Å². The normalized spacial score (nSPS) is 11.1. The first-order valence-corrected chi connectivity index (χ1v) is 12.3. The molecule has 1 amide bonds. The number of aryl methyl sites for hydroxylation is 2. The molecule has 8 nitrogen and oxygen atoms in total. The Labute approximate surface area is 203 Å². The summed E-state index contributed by atoms with van der Waals surface area (Å²) in [6.07, 6.45) is 0. The van der Waals surface area contributed by atoms with Gasteiger partial charge in [-0.15, -0.1) is 11.3 Å². The molecule has 0 bridgehead atoms. The number of anilines is 1. The van der Waals surface area contributed by atoms with Gasteiger partial charge < -0.3 is 5.32 Å². The third-order valence-corrected chi connectivity index (χ3v) is 7.60. The van der Waals surface area contributed by atoms with Gasteiger partial charge in [0.15, 0.2) is 5.16 Å². The van der Waals surface area contributed by atoms with Gasteiger partial charge in [-0.1, -0.05) is 36.0 Å². The predicted octanol–water partition coefficient (Wildman–Crippen LogP) is 5.23. The number of nitrogens with one attached hydrogen (secondary N) is 1. The number of aromatic nitrogens is 2. The Balaban J connectivity index is 1.57. The fraction of sp³-hybridized carbons (Fsp3) is 0.208. The molecule has 174 valence electrons. The molecule has 2 heterocycles. The Morgan fingerprint density at radius 2 is 1.97 bits per heavy atom. The van der Waals surface area contributed by atoms with Crippen molar-refractivity contribution in [3.05, 3.63) is 78.9 Å². The molecule has 0 unspecified atom stereocenters.